The molecule has 2 nitrogen and oxygen atoms in total. The lowest BCUT2D eigenvalue weighted by Gasteiger charge is -2.25. The van der Waals surface area contributed by atoms with Crippen LogP contribution in [0, 0.1) is 0 Å². The quantitative estimate of drug-likeness (QED) is 0.769. The molecule has 0 saturated heterocycles. The van der Waals surface area contributed by atoms with Crippen LogP contribution in [0.5, 0.6) is 5.88 Å². The van der Waals surface area contributed by atoms with Crippen molar-refractivity contribution in [1.29, 1.82) is 0 Å². The molecule has 92 valence electrons. The summed E-state index contributed by atoms with van der Waals surface area (Å²) in [6, 6.07) is 9.60. The van der Waals surface area contributed by atoms with Gasteiger partial charge in [-0.25, -0.2) is 4.98 Å². The Hall–Kier alpha value is -1.25. The van der Waals surface area contributed by atoms with Crippen molar-refractivity contribution in [2.45, 2.75) is 18.9 Å². The summed E-state index contributed by atoms with van der Waals surface area (Å²) in [5.41, 5.74) is 2.20. The molecular formula is C14H11Cl2NO. The Morgan fingerprint density at radius 2 is 2.06 bits per heavy atom. The summed E-state index contributed by atoms with van der Waals surface area (Å²) in [6.07, 6.45) is 3.64. The predicted molar refractivity (Wildman–Crippen MR) is 72.4 cm³/mol. The number of halogens is 2. The van der Waals surface area contributed by atoms with Gasteiger partial charge < -0.3 is 4.74 Å². The average molecular weight is 280 g/mol. The van der Waals surface area contributed by atoms with Gasteiger partial charge in [-0.3, -0.25) is 0 Å². The zero-order valence-electron chi connectivity index (χ0n) is 9.57. The van der Waals surface area contributed by atoms with Crippen molar-refractivity contribution in [3.05, 3.63) is 57.7 Å². The van der Waals surface area contributed by atoms with Crippen LogP contribution in [0.3, 0.4) is 0 Å². The van der Waals surface area contributed by atoms with E-state index in [-0.39, 0.29) is 6.10 Å². The molecule has 0 radical (unpaired) electrons. The van der Waals surface area contributed by atoms with Gasteiger partial charge in [-0.1, -0.05) is 35.3 Å². The van der Waals surface area contributed by atoms with Crippen LogP contribution >= 0.6 is 23.2 Å². The zero-order chi connectivity index (χ0) is 12.5. The number of hydrogen-bond donors (Lipinski definition) is 0. The summed E-state index contributed by atoms with van der Waals surface area (Å²) in [6.45, 7) is 0. The molecule has 1 aliphatic rings. The zero-order valence-corrected chi connectivity index (χ0v) is 11.1. The van der Waals surface area contributed by atoms with E-state index in [4.69, 9.17) is 27.9 Å². The third-order valence-electron chi connectivity index (χ3n) is 3.10. The number of aromatic nitrogens is 1. The lowest BCUT2D eigenvalue weighted by Crippen LogP contribution is -2.16. The molecule has 3 rings (SSSR count). The van der Waals surface area contributed by atoms with E-state index in [2.05, 4.69) is 4.98 Å². The number of rotatable bonds is 1. The minimum Gasteiger partial charge on any atom is -0.469 e. The van der Waals surface area contributed by atoms with E-state index >= 15 is 0 Å². The largest absolute Gasteiger partial charge is 0.469 e. The molecule has 0 amide bonds. The average Bonchev–Trinajstić information content (AvgIpc) is 2.41. The molecule has 0 aliphatic carbocycles. The molecule has 1 aromatic carbocycles. The maximum atomic E-state index is 6.03. The van der Waals surface area contributed by atoms with Crippen molar-refractivity contribution in [3.8, 4) is 5.88 Å². The summed E-state index contributed by atoms with van der Waals surface area (Å²) in [5.74, 6) is 0.722. The molecule has 18 heavy (non-hydrogen) atoms. The van der Waals surface area contributed by atoms with Crippen LogP contribution in [0.2, 0.25) is 10.0 Å². The highest BCUT2D eigenvalue weighted by atomic mass is 35.5. The third kappa shape index (κ3) is 2.18. The summed E-state index contributed by atoms with van der Waals surface area (Å²) < 4.78 is 5.90. The second kappa shape index (κ2) is 4.79. The fraction of sp³-hybridized carbons (Fsp3) is 0.214. The first-order valence-corrected chi connectivity index (χ1v) is 6.55. The second-order valence-electron chi connectivity index (χ2n) is 4.29. The highest BCUT2D eigenvalue weighted by Gasteiger charge is 2.22. The Kier molecular flexibility index (Phi) is 3.14. The van der Waals surface area contributed by atoms with Gasteiger partial charge in [0.25, 0.3) is 0 Å². The summed E-state index contributed by atoms with van der Waals surface area (Å²) in [5, 5.41) is 1.12. The topological polar surface area (TPSA) is 22.1 Å². The highest BCUT2D eigenvalue weighted by Crippen LogP contribution is 2.35. The normalized spacial score (nSPS) is 18.0. The van der Waals surface area contributed by atoms with Gasteiger partial charge >= 0.3 is 0 Å². The van der Waals surface area contributed by atoms with Crippen molar-refractivity contribution >= 4 is 23.2 Å². The SMILES string of the molecule is Clc1ccc(C2CCc3cccnc3O2)cc1Cl. The Balaban J connectivity index is 1.89. The summed E-state index contributed by atoms with van der Waals surface area (Å²) in [7, 11) is 0. The lowest BCUT2D eigenvalue weighted by atomic mass is 9.99. The predicted octanol–water partition coefficient (Wildman–Crippen LogP) is 4.45. The smallest absolute Gasteiger partial charge is 0.217 e. The molecule has 0 bridgehead atoms. The van der Waals surface area contributed by atoms with Crippen molar-refractivity contribution in [2.24, 2.45) is 0 Å². The standard InChI is InChI=1S/C14H11Cl2NO/c15-11-5-3-10(8-12(11)16)13-6-4-9-2-1-7-17-14(9)18-13/h1-3,5,7-8,13H,4,6H2. The Morgan fingerprint density at radius 3 is 2.89 bits per heavy atom. The molecule has 2 aromatic rings. The van der Waals surface area contributed by atoms with E-state index in [1.165, 1.54) is 0 Å². The van der Waals surface area contributed by atoms with E-state index in [0.29, 0.717) is 10.0 Å². The number of hydrogen-bond acceptors (Lipinski definition) is 2. The first-order valence-electron chi connectivity index (χ1n) is 5.79. The molecule has 4 heteroatoms. The van der Waals surface area contributed by atoms with Gasteiger partial charge in [0, 0.05) is 11.8 Å². The molecule has 2 heterocycles. The number of aryl methyl sites for hydroxylation is 1. The first kappa shape index (κ1) is 11.8. The lowest BCUT2D eigenvalue weighted by molar-refractivity contribution is 0.168. The van der Waals surface area contributed by atoms with Gasteiger partial charge in [0.2, 0.25) is 5.88 Å². The van der Waals surface area contributed by atoms with E-state index < -0.39 is 0 Å². The fourth-order valence-electron chi connectivity index (χ4n) is 2.15. The maximum absolute atomic E-state index is 6.03. The maximum Gasteiger partial charge on any atom is 0.217 e. The molecule has 1 unspecified atom stereocenters. The highest BCUT2D eigenvalue weighted by molar-refractivity contribution is 6.42. The molecule has 0 fully saturated rings. The molecule has 1 aliphatic heterocycles. The molecule has 0 spiro atoms. The van der Waals surface area contributed by atoms with Crippen molar-refractivity contribution in [2.75, 3.05) is 0 Å². The summed E-state index contributed by atoms with van der Waals surface area (Å²) in [4.78, 5) is 4.25. The monoisotopic (exact) mass is 279 g/mol. The van der Waals surface area contributed by atoms with Crippen molar-refractivity contribution in [1.82, 2.24) is 4.98 Å². The van der Waals surface area contributed by atoms with Crippen LogP contribution in [-0.2, 0) is 6.42 Å². The van der Waals surface area contributed by atoms with Gasteiger partial charge in [0.05, 0.1) is 10.0 Å². The minimum atomic E-state index is 0.00201. The van der Waals surface area contributed by atoms with E-state index in [0.717, 1.165) is 29.8 Å². The number of nitrogens with zero attached hydrogens (tertiary/aromatic N) is 1. The van der Waals surface area contributed by atoms with E-state index in [1.807, 2.05) is 24.3 Å². The molecular weight excluding hydrogens is 269 g/mol. The van der Waals surface area contributed by atoms with Crippen molar-refractivity contribution in [3.63, 3.8) is 0 Å². The van der Waals surface area contributed by atoms with Gasteiger partial charge in [-0.05, 0) is 36.6 Å². The van der Waals surface area contributed by atoms with Crippen LogP contribution in [0.1, 0.15) is 23.7 Å². The summed E-state index contributed by atoms with van der Waals surface area (Å²) >= 11 is 11.9. The molecule has 1 aromatic heterocycles. The van der Waals surface area contributed by atoms with E-state index in [1.54, 1.807) is 12.3 Å². The molecule has 1 atom stereocenters. The first-order chi connectivity index (χ1) is 8.74. The fourth-order valence-corrected chi connectivity index (χ4v) is 2.45. The minimum absolute atomic E-state index is 0.00201. The number of pyridine rings is 1. The Morgan fingerprint density at radius 1 is 1.17 bits per heavy atom. The van der Waals surface area contributed by atoms with Crippen LogP contribution in [0.4, 0.5) is 0 Å². The van der Waals surface area contributed by atoms with E-state index in [9.17, 15) is 0 Å². The third-order valence-corrected chi connectivity index (χ3v) is 3.83. The second-order valence-corrected chi connectivity index (χ2v) is 5.10. The molecule has 0 N–H and O–H groups in total. The van der Waals surface area contributed by atoms with Crippen LogP contribution in [0.25, 0.3) is 0 Å². The van der Waals surface area contributed by atoms with Crippen LogP contribution < -0.4 is 4.74 Å². The number of benzene rings is 1. The van der Waals surface area contributed by atoms with Crippen LogP contribution in [0.15, 0.2) is 36.5 Å². The van der Waals surface area contributed by atoms with Gasteiger partial charge in [0.15, 0.2) is 0 Å². The number of ether oxygens (including phenoxy) is 1. The Labute approximate surface area is 116 Å². The van der Waals surface area contributed by atoms with Gasteiger partial charge in [-0.2, -0.15) is 0 Å². The molecule has 0 saturated carbocycles. The number of fused-ring (bicyclic) bond motifs is 1. The Bertz CT molecular complexity index is 586. The van der Waals surface area contributed by atoms with Crippen LogP contribution in [-0.4, -0.2) is 4.98 Å². The van der Waals surface area contributed by atoms with Crippen molar-refractivity contribution < 1.29 is 4.74 Å². The van der Waals surface area contributed by atoms with Gasteiger partial charge in [-0.15, -0.1) is 0 Å². The van der Waals surface area contributed by atoms with Gasteiger partial charge in [0.1, 0.15) is 6.10 Å².